The van der Waals surface area contributed by atoms with Crippen LogP contribution in [0.4, 0.5) is 60.5 Å². The van der Waals surface area contributed by atoms with Crippen molar-refractivity contribution in [1.29, 1.82) is 0 Å². The van der Waals surface area contributed by atoms with Gasteiger partial charge >= 0.3 is 12.4 Å². The lowest BCUT2D eigenvalue weighted by Crippen LogP contribution is -2.37. The first kappa shape index (κ1) is 45.0. The maximum Gasteiger partial charge on any atom is 0.416 e. The van der Waals surface area contributed by atoms with Gasteiger partial charge in [0.15, 0.2) is 0 Å². The first-order valence-corrected chi connectivity index (χ1v) is 28.9. The molecule has 330 valence electrons. The van der Waals surface area contributed by atoms with Crippen molar-refractivity contribution in [2.45, 2.75) is 91.2 Å². The van der Waals surface area contributed by atoms with Crippen LogP contribution < -0.4 is 20.2 Å². The lowest BCUT2D eigenvalue weighted by molar-refractivity contribution is -0.138. The fourth-order valence-corrected chi connectivity index (χ4v) is 11.3. The smallest absolute Gasteiger partial charge is 0.310 e. The van der Waals surface area contributed by atoms with Crippen molar-refractivity contribution in [3.05, 3.63) is 156 Å². The minimum Gasteiger partial charge on any atom is -0.310 e. The monoisotopic (exact) mass is 900 g/mol. The van der Waals surface area contributed by atoms with Crippen molar-refractivity contribution in [2.24, 2.45) is 0 Å². The predicted octanol–water partition coefficient (Wildman–Crippen LogP) is 16.9. The molecule has 0 heterocycles. The van der Waals surface area contributed by atoms with Gasteiger partial charge in [0.1, 0.15) is 0 Å². The number of anilines is 6. The van der Waals surface area contributed by atoms with Crippen LogP contribution in [-0.4, -0.2) is 16.1 Å². The molecule has 8 aromatic rings. The van der Waals surface area contributed by atoms with Gasteiger partial charge in [0.2, 0.25) is 0 Å². The van der Waals surface area contributed by atoms with Crippen LogP contribution in [0.2, 0.25) is 39.3 Å². The SMILES string of the molecule is CC(C)c1cc(N(c2ccc(C(F)(F)F)cc2)c2ccc([Si](C)(C)C)cc2)c2ccc3c(C(C)C)cc(N(c4ccc(C(F)(F)F)cc4)c4ccc([Si](C)(C)C)cc4)c4ccc1c2c34. The highest BCUT2D eigenvalue weighted by molar-refractivity contribution is 6.89. The summed E-state index contributed by atoms with van der Waals surface area (Å²) >= 11 is 0. The van der Waals surface area contributed by atoms with E-state index >= 15 is 0 Å². The highest BCUT2D eigenvalue weighted by atomic mass is 28.3. The number of alkyl halides is 6. The van der Waals surface area contributed by atoms with E-state index in [1.807, 2.05) is 0 Å². The van der Waals surface area contributed by atoms with E-state index in [-0.39, 0.29) is 11.8 Å². The van der Waals surface area contributed by atoms with Crippen LogP contribution in [0.1, 0.15) is 61.8 Å². The lowest BCUT2D eigenvalue weighted by Gasteiger charge is -2.32. The lowest BCUT2D eigenvalue weighted by atomic mass is 9.84. The van der Waals surface area contributed by atoms with Crippen molar-refractivity contribution < 1.29 is 26.3 Å². The summed E-state index contributed by atoms with van der Waals surface area (Å²) in [5.41, 5.74) is 5.25. The zero-order valence-electron chi connectivity index (χ0n) is 38.0. The molecule has 0 bridgehead atoms. The highest BCUT2D eigenvalue weighted by Crippen LogP contribution is 2.51. The molecule has 2 nitrogen and oxygen atoms in total. The molecule has 10 heteroatoms. The number of benzene rings is 8. The third-order valence-electron chi connectivity index (χ3n) is 12.5. The molecule has 0 aliphatic carbocycles. The van der Waals surface area contributed by atoms with Crippen molar-refractivity contribution in [3.63, 3.8) is 0 Å². The minimum absolute atomic E-state index is 0.0737. The molecular weight excluding hydrogens is 847 g/mol. The summed E-state index contributed by atoms with van der Waals surface area (Å²) in [5, 5.41) is 8.58. The van der Waals surface area contributed by atoms with Crippen LogP contribution in [0, 0.1) is 0 Å². The molecule has 0 aromatic heterocycles. The molecule has 8 rings (SSSR count). The van der Waals surface area contributed by atoms with E-state index in [0.29, 0.717) is 11.4 Å². The Balaban J connectivity index is 1.47. The Morgan fingerprint density at radius 3 is 0.891 bits per heavy atom. The second-order valence-electron chi connectivity index (χ2n) is 19.7. The molecule has 0 unspecified atom stereocenters. The predicted molar refractivity (Wildman–Crippen MR) is 264 cm³/mol. The van der Waals surface area contributed by atoms with E-state index in [4.69, 9.17) is 0 Å². The molecule has 64 heavy (non-hydrogen) atoms. The number of rotatable bonds is 10. The molecule has 0 saturated carbocycles. The van der Waals surface area contributed by atoms with Gasteiger partial charge in [-0.2, -0.15) is 26.3 Å². The molecular formula is C54H54F6N2Si2. The summed E-state index contributed by atoms with van der Waals surface area (Å²) in [5.74, 6) is 0.147. The summed E-state index contributed by atoms with van der Waals surface area (Å²) < 4.78 is 83.8. The summed E-state index contributed by atoms with van der Waals surface area (Å²) in [6, 6.07) is 40.6. The molecule has 0 aliphatic rings. The average molecular weight is 901 g/mol. The van der Waals surface area contributed by atoms with Gasteiger partial charge < -0.3 is 9.80 Å². The zero-order chi connectivity index (χ0) is 46.3. The zero-order valence-corrected chi connectivity index (χ0v) is 40.0. The Morgan fingerprint density at radius 1 is 0.375 bits per heavy atom. The highest BCUT2D eigenvalue weighted by Gasteiger charge is 2.33. The van der Waals surface area contributed by atoms with E-state index < -0.39 is 39.6 Å². The number of hydrogen-bond acceptors (Lipinski definition) is 2. The van der Waals surface area contributed by atoms with Crippen LogP contribution in [-0.2, 0) is 12.4 Å². The number of halogens is 6. The fraction of sp³-hybridized carbons (Fsp3) is 0.259. The van der Waals surface area contributed by atoms with Gasteiger partial charge in [0.05, 0.1) is 38.6 Å². The van der Waals surface area contributed by atoms with Gasteiger partial charge in [-0.25, -0.2) is 0 Å². The molecule has 0 N–H and O–H groups in total. The van der Waals surface area contributed by atoms with Crippen LogP contribution in [0.3, 0.4) is 0 Å². The third kappa shape index (κ3) is 8.31. The van der Waals surface area contributed by atoms with Gasteiger partial charge in [-0.15, -0.1) is 0 Å². The van der Waals surface area contributed by atoms with Crippen LogP contribution >= 0.6 is 0 Å². The van der Waals surface area contributed by atoms with Crippen LogP contribution in [0.25, 0.3) is 32.3 Å². The van der Waals surface area contributed by atoms with E-state index in [9.17, 15) is 26.3 Å². The second kappa shape index (κ2) is 16.1. The van der Waals surface area contributed by atoms with Gasteiger partial charge in [-0.3, -0.25) is 0 Å². The minimum atomic E-state index is -4.49. The molecule has 0 aliphatic heterocycles. The molecule has 0 saturated heterocycles. The molecule has 0 atom stereocenters. The molecule has 8 aromatic carbocycles. The Hall–Kier alpha value is -5.59. The molecule has 0 fully saturated rings. The molecule has 0 radical (unpaired) electrons. The van der Waals surface area contributed by atoms with Crippen molar-refractivity contribution in [2.75, 3.05) is 9.80 Å². The summed E-state index contributed by atoms with van der Waals surface area (Å²) in [4.78, 5) is 4.15. The van der Waals surface area contributed by atoms with Gasteiger partial charge in [-0.1, -0.05) is 126 Å². The van der Waals surface area contributed by atoms with Crippen molar-refractivity contribution in [3.8, 4) is 0 Å². The Morgan fingerprint density at radius 2 is 0.641 bits per heavy atom. The summed E-state index contributed by atoms with van der Waals surface area (Å²) in [7, 11) is -3.37. The van der Waals surface area contributed by atoms with Gasteiger partial charge in [-0.05, 0) is 129 Å². The van der Waals surface area contributed by atoms with E-state index in [1.54, 1.807) is 24.3 Å². The first-order valence-electron chi connectivity index (χ1n) is 21.9. The number of hydrogen-bond donors (Lipinski definition) is 0. The largest absolute Gasteiger partial charge is 0.416 e. The van der Waals surface area contributed by atoms with Gasteiger partial charge in [0.25, 0.3) is 0 Å². The normalized spacial score (nSPS) is 13.0. The maximum absolute atomic E-state index is 14.0. The first-order chi connectivity index (χ1) is 29.9. The summed E-state index contributed by atoms with van der Waals surface area (Å²) in [6.45, 7) is 22.3. The third-order valence-corrected chi connectivity index (χ3v) is 16.7. The van der Waals surface area contributed by atoms with E-state index in [2.05, 4.69) is 162 Å². The van der Waals surface area contributed by atoms with Gasteiger partial charge in [0, 0.05) is 33.5 Å². The number of nitrogens with zero attached hydrogens (tertiary/aromatic N) is 2. The topological polar surface area (TPSA) is 6.48 Å². The van der Waals surface area contributed by atoms with E-state index in [1.165, 1.54) is 10.4 Å². The Labute approximate surface area is 374 Å². The standard InChI is InChI=1S/C54H54F6N2Si2/c1-33(2)47-31-49(61(37-15-11-35(12-16-37)53(55,56)57)39-19-23-41(24-20-39)63(5,6)7)45-30-28-44-48(34(3)4)32-50(46-29-27-43(47)51(45)52(44)46)62(38-17-13-36(14-18-38)54(58,59)60)40-21-25-42(26-22-40)64(8,9)10/h11-34H,1-10H3. The second-order valence-corrected chi connectivity index (χ2v) is 29.9. The van der Waals surface area contributed by atoms with Crippen LogP contribution in [0.5, 0.6) is 0 Å². The van der Waals surface area contributed by atoms with Crippen LogP contribution in [0.15, 0.2) is 133 Å². The van der Waals surface area contributed by atoms with Crippen molar-refractivity contribution in [1.82, 2.24) is 0 Å². The Kier molecular flexibility index (Phi) is 11.3. The molecule has 0 amide bonds. The molecule has 0 spiro atoms. The average Bonchev–Trinajstić information content (AvgIpc) is 3.22. The maximum atomic E-state index is 14.0. The quantitative estimate of drug-likeness (QED) is 0.0767. The van der Waals surface area contributed by atoms with Crippen molar-refractivity contribution >= 4 is 93.0 Å². The van der Waals surface area contributed by atoms with E-state index in [0.717, 1.165) is 90.5 Å². The Bertz CT molecular complexity index is 2640. The fourth-order valence-electron chi connectivity index (χ4n) is 9.01. The summed E-state index contributed by atoms with van der Waals surface area (Å²) in [6.07, 6.45) is -8.98.